The van der Waals surface area contributed by atoms with Crippen molar-refractivity contribution in [3.63, 3.8) is 0 Å². The molecule has 0 bridgehead atoms. The van der Waals surface area contributed by atoms with Gasteiger partial charge in [0, 0.05) is 32.2 Å². The first-order valence-corrected chi connectivity index (χ1v) is 5.33. The Morgan fingerprint density at radius 3 is 2.54 bits per heavy atom. The minimum absolute atomic E-state index is 0.183. The first-order valence-electron chi connectivity index (χ1n) is 4.80. The van der Waals surface area contributed by atoms with Gasteiger partial charge in [-0.25, -0.2) is 0 Å². The maximum Gasteiger partial charge on any atom is 0.0476 e. The summed E-state index contributed by atoms with van der Waals surface area (Å²) in [6, 6.07) is 0.502. The summed E-state index contributed by atoms with van der Waals surface area (Å²) in [6.45, 7) is 8.27. The molecule has 0 aromatic heterocycles. The van der Waals surface area contributed by atoms with Gasteiger partial charge >= 0.3 is 0 Å². The molecule has 2 nitrogen and oxygen atoms in total. The van der Waals surface area contributed by atoms with Crippen molar-refractivity contribution in [1.29, 1.82) is 0 Å². The highest BCUT2D eigenvalue weighted by molar-refractivity contribution is 6.18. The molecule has 0 spiro atoms. The molecule has 0 aliphatic carbocycles. The number of rotatable bonds is 7. The van der Waals surface area contributed by atoms with Gasteiger partial charge in [-0.15, -0.1) is 11.6 Å². The highest BCUT2D eigenvalue weighted by Crippen LogP contribution is 2.15. The second-order valence-electron chi connectivity index (χ2n) is 4.36. The van der Waals surface area contributed by atoms with Gasteiger partial charge in [0.25, 0.3) is 0 Å². The molecule has 1 N–H and O–H groups in total. The lowest BCUT2D eigenvalue weighted by Gasteiger charge is -2.24. The summed E-state index contributed by atoms with van der Waals surface area (Å²) >= 11 is 5.82. The molecule has 0 rings (SSSR count). The van der Waals surface area contributed by atoms with Crippen LogP contribution >= 0.6 is 11.6 Å². The molecule has 13 heavy (non-hydrogen) atoms. The molecule has 0 heterocycles. The quantitative estimate of drug-likeness (QED) is 0.647. The summed E-state index contributed by atoms with van der Waals surface area (Å²) in [5.74, 6) is 0.691. The van der Waals surface area contributed by atoms with E-state index in [0.29, 0.717) is 11.9 Å². The van der Waals surface area contributed by atoms with Crippen LogP contribution in [-0.2, 0) is 4.74 Å². The molecular formula is C10H22ClNO. The van der Waals surface area contributed by atoms with E-state index in [-0.39, 0.29) is 5.41 Å². The van der Waals surface area contributed by atoms with E-state index in [2.05, 4.69) is 26.1 Å². The highest BCUT2D eigenvalue weighted by Gasteiger charge is 2.16. The van der Waals surface area contributed by atoms with Crippen LogP contribution < -0.4 is 5.32 Å². The molecule has 80 valence electrons. The lowest BCUT2D eigenvalue weighted by molar-refractivity contribution is 0.182. The normalized spacial score (nSPS) is 14.5. The van der Waals surface area contributed by atoms with Crippen molar-refractivity contribution >= 4 is 11.6 Å². The number of ether oxygens (including phenoxy) is 1. The summed E-state index contributed by atoms with van der Waals surface area (Å²) in [6.07, 6.45) is 1.05. The molecule has 0 aliphatic heterocycles. The molecule has 0 saturated heterocycles. The van der Waals surface area contributed by atoms with Gasteiger partial charge in [0.2, 0.25) is 0 Å². The van der Waals surface area contributed by atoms with Crippen molar-refractivity contribution in [2.24, 2.45) is 5.41 Å². The summed E-state index contributed by atoms with van der Waals surface area (Å²) < 4.78 is 5.00. The average Bonchev–Trinajstić information content (AvgIpc) is 2.11. The van der Waals surface area contributed by atoms with Gasteiger partial charge in [0.15, 0.2) is 0 Å². The van der Waals surface area contributed by atoms with Crippen molar-refractivity contribution in [2.75, 3.05) is 26.1 Å². The Kier molecular flexibility index (Phi) is 6.74. The second-order valence-corrected chi connectivity index (χ2v) is 4.63. The average molecular weight is 208 g/mol. The third-order valence-corrected chi connectivity index (χ3v) is 2.77. The first-order chi connectivity index (χ1) is 6.02. The molecule has 1 atom stereocenters. The molecule has 0 amide bonds. The zero-order valence-electron chi connectivity index (χ0n) is 9.19. The van der Waals surface area contributed by atoms with Gasteiger partial charge in [-0.3, -0.25) is 0 Å². The van der Waals surface area contributed by atoms with E-state index in [1.165, 1.54) is 0 Å². The van der Waals surface area contributed by atoms with Crippen LogP contribution in [0.5, 0.6) is 0 Å². The van der Waals surface area contributed by atoms with E-state index in [9.17, 15) is 0 Å². The lowest BCUT2D eigenvalue weighted by Crippen LogP contribution is -2.36. The monoisotopic (exact) mass is 207 g/mol. The van der Waals surface area contributed by atoms with E-state index in [1.807, 2.05) is 0 Å². The summed E-state index contributed by atoms with van der Waals surface area (Å²) in [7, 11) is 1.73. The second kappa shape index (κ2) is 6.63. The van der Waals surface area contributed by atoms with Crippen LogP contribution in [0.4, 0.5) is 0 Å². The predicted molar refractivity (Wildman–Crippen MR) is 58.5 cm³/mol. The Morgan fingerprint density at radius 2 is 2.08 bits per heavy atom. The molecule has 0 aromatic carbocycles. The number of nitrogens with one attached hydrogen (secondary N) is 1. The fourth-order valence-electron chi connectivity index (χ4n) is 0.894. The third-order valence-electron chi connectivity index (χ3n) is 2.05. The Hall–Kier alpha value is 0.210. The van der Waals surface area contributed by atoms with E-state index >= 15 is 0 Å². The number of alkyl halides is 1. The Morgan fingerprint density at radius 1 is 1.46 bits per heavy atom. The fraction of sp³-hybridized carbons (Fsp3) is 1.00. The van der Waals surface area contributed by atoms with Crippen LogP contribution in [0.2, 0.25) is 0 Å². The SMILES string of the molecule is COCCC(C)NCC(C)(C)CCl. The zero-order valence-corrected chi connectivity index (χ0v) is 9.95. The van der Waals surface area contributed by atoms with Crippen molar-refractivity contribution in [3.05, 3.63) is 0 Å². The van der Waals surface area contributed by atoms with E-state index in [1.54, 1.807) is 7.11 Å². The molecule has 0 saturated carbocycles. The number of halogens is 1. The van der Waals surface area contributed by atoms with Crippen molar-refractivity contribution in [3.8, 4) is 0 Å². The smallest absolute Gasteiger partial charge is 0.0476 e. The maximum absolute atomic E-state index is 5.82. The van der Waals surface area contributed by atoms with Gasteiger partial charge in [0.05, 0.1) is 0 Å². The van der Waals surface area contributed by atoms with Gasteiger partial charge in [0.1, 0.15) is 0 Å². The summed E-state index contributed by atoms with van der Waals surface area (Å²) in [4.78, 5) is 0. The minimum Gasteiger partial charge on any atom is -0.385 e. The van der Waals surface area contributed by atoms with Crippen LogP contribution in [0.25, 0.3) is 0 Å². The van der Waals surface area contributed by atoms with Crippen molar-refractivity contribution < 1.29 is 4.74 Å². The van der Waals surface area contributed by atoms with Gasteiger partial charge in [-0.05, 0) is 18.8 Å². The van der Waals surface area contributed by atoms with Gasteiger partial charge < -0.3 is 10.1 Å². The van der Waals surface area contributed by atoms with Crippen LogP contribution in [0, 0.1) is 5.41 Å². The van der Waals surface area contributed by atoms with Crippen LogP contribution in [0.1, 0.15) is 27.2 Å². The van der Waals surface area contributed by atoms with E-state index in [0.717, 1.165) is 19.6 Å². The fourth-order valence-corrected chi connectivity index (χ4v) is 0.989. The third kappa shape index (κ3) is 7.29. The molecule has 0 fully saturated rings. The minimum atomic E-state index is 0.183. The first kappa shape index (κ1) is 13.2. The topological polar surface area (TPSA) is 21.3 Å². The molecule has 0 aromatic rings. The van der Waals surface area contributed by atoms with Crippen molar-refractivity contribution in [1.82, 2.24) is 5.32 Å². The Labute approximate surface area is 87.0 Å². The maximum atomic E-state index is 5.82. The highest BCUT2D eigenvalue weighted by atomic mass is 35.5. The molecule has 0 radical (unpaired) electrons. The number of hydrogen-bond donors (Lipinski definition) is 1. The summed E-state index contributed by atoms with van der Waals surface area (Å²) in [5.41, 5.74) is 0.183. The van der Waals surface area contributed by atoms with E-state index < -0.39 is 0 Å². The van der Waals surface area contributed by atoms with Crippen LogP contribution in [0.15, 0.2) is 0 Å². The largest absolute Gasteiger partial charge is 0.385 e. The van der Waals surface area contributed by atoms with Gasteiger partial charge in [-0.2, -0.15) is 0 Å². The lowest BCUT2D eigenvalue weighted by atomic mass is 9.96. The van der Waals surface area contributed by atoms with Gasteiger partial charge in [-0.1, -0.05) is 13.8 Å². The predicted octanol–water partition coefficient (Wildman–Crippen LogP) is 2.27. The Balaban J connectivity index is 3.51. The Bertz CT molecular complexity index is 128. The van der Waals surface area contributed by atoms with E-state index in [4.69, 9.17) is 16.3 Å². The zero-order chi connectivity index (χ0) is 10.3. The molecule has 3 heteroatoms. The van der Waals surface area contributed by atoms with Crippen molar-refractivity contribution in [2.45, 2.75) is 33.2 Å². The summed E-state index contributed by atoms with van der Waals surface area (Å²) in [5, 5.41) is 3.44. The standard InChI is InChI=1S/C10H22ClNO/c1-9(5-6-13-4)12-8-10(2,3)7-11/h9,12H,5-8H2,1-4H3. The number of methoxy groups -OCH3 is 1. The molecule has 0 aliphatic rings. The molecular weight excluding hydrogens is 186 g/mol. The molecule has 1 unspecified atom stereocenters. The van der Waals surface area contributed by atoms with Crippen LogP contribution in [-0.4, -0.2) is 32.2 Å². The van der Waals surface area contributed by atoms with Crippen LogP contribution in [0.3, 0.4) is 0 Å². The number of hydrogen-bond acceptors (Lipinski definition) is 2.